The smallest absolute Gasteiger partial charge is 0.339 e. The highest BCUT2D eigenvalue weighted by Crippen LogP contribution is 2.10. The van der Waals surface area contributed by atoms with Crippen molar-refractivity contribution in [3.05, 3.63) is 23.7 Å². The van der Waals surface area contributed by atoms with Crippen molar-refractivity contribution < 1.29 is 19.4 Å². The highest BCUT2D eigenvalue weighted by atomic mass is 16.4. The molecule has 0 amide bonds. The Bertz CT molecular complexity index is 308. The average Bonchev–Trinajstić information content (AvgIpc) is 2.62. The molecular weight excluding hydrogens is 186 g/mol. The first-order chi connectivity index (χ1) is 6.65. The molecule has 0 aromatic carbocycles. The second kappa shape index (κ2) is 4.78. The quantitative estimate of drug-likeness (QED) is 0.641. The van der Waals surface area contributed by atoms with Gasteiger partial charge in [-0.25, -0.2) is 4.79 Å². The van der Waals surface area contributed by atoms with Crippen molar-refractivity contribution in [2.24, 2.45) is 0 Å². The van der Waals surface area contributed by atoms with Gasteiger partial charge in [-0.3, -0.25) is 0 Å². The van der Waals surface area contributed by atoms with E-state index >= 15 is 0 Å². The zero-order valence-electron chi connectivity index (χ0n) is 7.86. The molecular formula is C9H13NO4. The number of aromatic carboxylic acids is 1. The van der Waals surface area contributed by atoms with E-state index in [4.69, 9.17) is 14.6 Å². The van der Waals surface area contributed by atoms with Gasteiger partial charge in [0.15, 0.2) is 0 Å². The lowest BCUT2D eigenvalue weighted by Crippen LogP contribution is -2.29. The number of aliphatic hydroxyl groups is 1. The fourth-order valence-electron chi connectivity index (χ4n) is 1.000. The Morgan fingerprint density at radius 3 is 3.00 bits per heavy atom. The van der Waals surface area contributed by atoms with E-state index in [0.29, 0.717) is 12.3 Å². The van der Waals surface area contributed by atoms with Gasteiger partial charge in [-0.2, -0.15) is 0 Å². The molecule has 0 spiro atoms. The van der Waals surface area contributed by atoms with Crippen LogP contribution in [-0.4, -0.2) is 28.8 Å². The summed E-state index contributed by atoms with van der Waals surface area (Å²) >= 11 is 0. The Morgan fingerprint density at radius 2 is 2.43 bits per heavy atom. The molecule has 0 aliphatic carbocycles. The summed E-state index contributed by atoms with van der Waals surface area (Å²) in [6, 6.07) is 1.32. The highest BCUT2D eigenvalue weighted by molar-refractivity contribution is 5.88. The van der Waals surface area contributed by atoms with Crippen LogP contribution in [0, 0.1) is 0 Å². The van der Waals surface area contributed by atoms with Crippen molar-refractivity contribution in [2.45, 2.75) is 19.5 Å². The minimum atomic E-state index is -1.01. The van der Waals surface area contributed by atoms with Crippen LogP contribution >= 0.6 is 0 Å². The number of furan rings is 1. The summed E-state index contributed by atoms with van der Waals surface area (Å²) < 4.78 is 5.00. The van der Waals surface area contributed by atoms with Crippen molar-refractivity contribution in [1.82, 2.24) is 5.32 Å². The van der Waals surface area contributed by atoms with E-state index in [-0.39, 0.29) is 18.2 Å². The van der Waals surface area contributed by atoms with Gasteiger partial charge in [0.1, 0.15) is 11.3 Å². The first-order valence-corrected chi connectivity index (χ1v) is 4.29. The normalized spacial score (nSPS) is 12.7. The number of hydrogen-bond donors (Lipinski definition) is 3. The molecule has 5 nitrogen and oxygen atoms in total. The highest BCUT2D eigenvalue weighted by Gasteiger charge is 2.13. The van der Waals surface area contributed by atoms with Crippen LogP contribution in [0.5, 0.6) is 0 Å². The minimum absolute atomic E-state index is 0.00309. The van der Waals surface area contributed by atoms with Gasteiger partial charge < -0.3 is 19.9 Å². The molecule has 1 aromatic heterocycles. The molecule has 1 rings (SSSR count). The first-order valence-electron chi connectivity index (χ1n) is 4.29. The molecule has 3 N–H and O–H groups in total. The van der Waals surface area contributed by atoms with E-state index in [9.17, 15) is 4.79 Å². The summed E-state index contributed by atoms with van der Waals surface area (Å²) in [5, 5.41) is 20.4. The average molecular weight is 199 g/mol. The Balaban J connectivity index is 2.58. The van der Waals surface area contributed by atoms with Crippen molar-refractivity contribution in [1.29, 1.82) is 0 Å². The van der Waals surface area contributed by atoms with E-state index < -0.39 is 5.97 Å². The largest absolute Gasteiger partial charge is 0.478 e. The lowest BCUT2D eigenvalue weighted by molar-refractivity contribution is 0.0694. The number of rotatable bonds is 5. The molecule has 5 heteroatoms. The summed E-state index contributed by atoms with van der Waals surface area (Å²) in [6.07, 6.45) is 1.34. The lowest BCUT2D eigenvalue weighted by Gasteiger charge is -2.08. The predicted octanol–water partition coefficient (Wildman–Crippen LogP) is 0.448. The molecule has 1 unspecified atom stereocenters. The summed E-state index contributed by atoms with van der Waals surface area (Å²) in [5.74, 6) is -0.634. The molecule has 0 fully saturated rings. The van der Waals surface area contributed by atoms with Gasteiger partial charge in [-0.15, -0.1) is 0 Å². The Labute approximate surface area is 81.4 Å². The maximum atomic E-state index is 10.7. The lowest BCUT2D eigenvalue weighted by atomic mass is 10.2. The zero-order valence-corrected chi connectivity index (χ0v) is 7.86. The number of hydrogen-bond acceptors (Lipinski definition) is 4. The molecule has 1 aromatic rings. The van der Waals surface area contributed by atoms with Gasteiger partial charge in [0.2, 0.25) is 0 Å². The van der Waals surface area contributed by atoms with Gasteiger partial charge in [-0.1, -0.05) is 0 Å². The second-order valence-corrected chi connectivity index (χ2v) is 3.03. The molecule has 0 aliphatic rings. The Hall–Kier alpha value is -1.33. The summed E-state index contributed by atoms with van der Waals surface area (Å²) in [4.78, 5) is 10.7. The molecule has 0 saturated heterocycles. The predicted molar refractivity (Wildman–Crippen MR) is 49.1 cm³/mol. The van der Waals surface area contributed by atoms with Crippen LogP contribution in [0.3, 0.4) is 0 Å². The summed E-state index contributed by atoms with van der Waals surface area (Å²) in [7, 11) is 0. The van der Waals surface area contributed by atoms with E-state index in [1.165, 1.54) is 12.3 Å². The van der Waals surface area contributed by atoms with Gasteiger partial charge in [-0.05, 0) is 13.0 Å². The monoisotopic (exact) mass is 199 g/mol. The molecule has 1 atom stereocenters. The van der Waals surface area contributed by atoms with Crippen LogP contribution in [0.15, 0.2) is 16.7 Å². The van der Waals surface area contributed by atoms with Crippen LogP contribution in [-0.2, 0) is 6.54 Å². The third-order valence-electron chi connectivity index (χ3n) is 1.86. The SMILES string of the molecule is CC(CO)NCc1occc1C(=O)O. The number of carboxylic acids is 1. The molecule has 1 heterocycles. The van der Waals surface area contributed by atoms with Crippen LogP contribution in [0.1, 0.15) is 23.0 Å². The third kappa shape index (κ3) is 2.58. The number of carboxylic acid groups (broad SMARTS) is 1. The second-order valence-electron chi connectivity index (χ2n) is 3.03. The van der Waals surface area contributed by atoms with E-state index in [0.717, 1.165) is 0 Å². The maximum Gasteiger partial charge on any atom is 0.339 e. The van der Waals surface area contributed by atoms with Crippen LogP contribution in [0.25, 0.3) is 0 Å². The first kappa shape index (κ1) is 10.7. The fourth-order valence-corrected chi connectivity index (χ4v) is 1.000. The Morgan fingerprint density at radius 1 is 1.71 bits per heavy atom. The standard InChI is InChI=1S/C9H13NO4/c1-6(5-11)10-4-8-7(9(12)13)2-3-14-8/h2-3,6,10-11H,4-5H2,1H3,(H,12,13). The Kier molecular flexibility index (Phi) is 3.67. The van der Waals surface area contributed by atoms with Gasteiger partial charge in [0.25, 0.3) is 0 Å². The molecule has 78 valence electrons. The van der Waals surface area contributed by atoms with Gasteiger partial charge in [0, 0.05) is 6.04 Å². The van der Waals surface area contributed by atoms with Crippen LogP contribution in [0.2, 0.25) is 0 Å². The van der Waals surface area contributed by atoms with E-state index in [1.54, 1.807) is 6.92 Å². The zero-order chi connectivity index (χ0) is 10.6. The van der Waals surface area contributed by atoms with Crippen molar-refractivity contribution in [2.75, 3.05) is 6.61 Å². The van der Waals surface area contributed by atoms with Crippen LogP contribution < -0.4 is 5.32 Å². The number of nitrogens with one attached hydrogen (secondary N) is 1. The topological polar surface area (TPSA) is 82.7 Å². The van der Waals surface area contributed by atoms with Gasteiger partial charge >= 0.3 is 5.97 Å². The molecule has 0 bridgehead atoms. The molecule has 14 heavy (non-hydrogen) atoms. The minimum Gasteiger partial charge on any atom is -0.478 e. The van der Waals surface area contributed by atoms with Crippen LogP contribution in [0.4, 0.5) is 0 Å². The molecule has 0 radical (unpaired) electrons. The van der Waals surface area contributed by atoms with Gasteiger partial charge in [0.05, 0.1) is 19.4 Å². The van der Waals surface area contributed by atoms with Crippen molar-refractivity contribution in [3.63, 3.8) is 0 Å². The van der Waals surface area contributed by atoms with Crippen molar-refractivity contribution in [3.8, 4) is 0 Å². The number of aliphatic hydroxyl groups excluding tert-OH is 1. The molecule has 0 saturated carbocycles. The summed E-state index contributed by atoms with van der Waals surface area (Å²) in [6.45, 7) is 2.10. The van der Waals surface area contributed by atoms with Crippen molar-refractivity contribution >= 4 is 5.97 Å². The fraction of sp³-hybridized carbons (Fsp3) is 0.444. The van der Waals surface area contributed by atoms with E-state index in [1.807, 2.05) is 0 Å². The molecule has 0 aliphatic heterocycles. The van der Waals surface area contributed by atoms with E-state index in [2.05, 4.69) is 5.32 Å². The summed E-state index contributed by atoms with van der Waals surface area (Å²) in [5.41, 5.74) is 0.155. The third-order valence-corrected chi connectivity index (χ3v) is 1.86. The number of carbonyl (C=O) groups is 1. The maximum absolute atomic E-state index is 10.7.